The predicted octanol–water partition coefficient (Wildman–Crippen LogP) is 1.84. The number of hydrogen-bond acceptors (Lipinski definition) is 4. The molecule has 0 amide bonds. The number of likely N-dealkylation sites (tertiary alicyclic amines) is 2. The molecule has 0 N–H and O–H groups in total. The molecule has 4 aliphatic rings. The van der Waals surface area contributed by atoms with Gasteiger partial charge in [-0.2, -0.15) is 0 Å². The lowest BCUT2D eigenvalue weighted by molar-refractivity contribution is -0.0574. The fourth-order valence-corrected chi connectivity index (χ4v) is 5.12. The number of hydrogen-bond donors (Lipinski definition) is 0. The third-order valence-electron chi connectivity index (χ3n) is 6.58. The Kier molecular flexibility index (Phi) is 4.22. The summed E-state index contributed by atoms with van der Waals surface area (Å²) in [4.78, 5) is 5.33. The van der Waals surface area contributed by atoms with Gasteiger partial charge in [-0.15, -0.1) is 0 Å². The van der Waals surface area contributed by atoms with Crippen molar-refractivity contribution < 1.29 is 9.47 Å². The van der Waals surface area contributed by atoms with Crippen molar-refractivity contribution in [2.24, 2.45) is 17.8 Å². The molecular formula is C18H32N2O2. The summed E-state index contributed by atoms with van der Waals surface area (Å²) < 4.78 is 11.9. The van der Waals surface area contributed by atoms with E-state index in [0.29, 0.717) is 24.3 Å². The molecule has 2 bridgehead atoms. The van der Waals surface area contributed by atoms with Gasteiger partial charge in [-0.05, 0) is 39.5 Å². The second kappa shape index (κ2) is 6.04. The molecule has 4 rings (SSSR count). The Bertz CT molecular complexity index is 391. The topological polar surface area (TPSA) is 24.9 Å². The maximum absolute atomic E-state index is 6.25. The van der Waals surface area contributed by atoms with E-state index in [1.54, 1.807) is 0 Å². The van der Waals surface area contributed by atoms with Crippen LogP contribution < -0.4 is 0 Å². The Morgan fingerprint density at radius 2 is 1.68 bits per heavy atom. The number of ether oxygens (including phenoxy) is 2. The van der Waals surface area contributed by atoms with Crippen LogP contribution in [0.15, 0.2) is 0 Å². The number of fused-ring (bicyclic) bond motifs is 3. The Hall–Kier alpha value is -0.160. The predicted molar refractivity (Wildman–Crippen MR) is 86.9 cm³/mol. The van der Waals surface area contributed by atoms with E-state index in [-0.39, 0.29) is 0 Å². The maximum Gasteiger partial charge on any atom is 0.0736 e. The fraction of sp³-hybridized carbons (Fsp3) is 1.00. The zero-order valence-corrected chi connectivity index (χ0v) is 14.4. The lowest BCUT2D eigenvalue weighted by atomic mass is 9.92. The van der Waals surface area contributed by atoms with Crippen molar-refractivity contribution in [3.05, 3.63) is 0 Å². The van der Waals surface area contributed by atoms with E-state index in [1.807, 2.05) is 0 Å². The Morgan fingerprint density at radius 1 is 0.955 bits per heavy atom. The SMILES string of the molecule is CC(C)N1CC2CC(CC(C)N3CC4COCC4C3)C(C1)O2. The Balaban J connectivity index is 1.32. The van der Waals surface area contributed by atoms with Crippen LogP contribution in [0.4, 0.5) is 0 Å². The van der Waals surface area contributed by atoms with Gasteiger partial charge in [0.2, 0.25) is 0 Å². The van der Waals surface area contributed by atoms with Crippen molar-refractivity contribution in [2.75, 3.05) is 39.4 Å². The van der Waals surface area contributed by atoms with Gasteiger partial charge in [-0.1, -0.05) is 0 Å². The molecule has 0 spiro atoms. The third-order valence-corrected chi connectivity index (χ3v) is 6.58. The lowest BCUT2D eigenvalue weighted by Gasteiger charge is -2.36. The first-order chi connectivity index (χ1) is 10.6. The largest absolute Gasteiger partial charge is 0.381 e. The van der Waals surface area contributed by atoms with Crippen LogP contribution in [-0.4, -0.2) is 73.5 Å². The normalized spacial score (nSPS) is 43.9. The molecule has 4 saturated heterocycles. The molecule has 4 nitrogen and oxygen atoms in total. The summed E-state index contributed by atoms with van der Waals surface area (Å²) in [5.41, 5.74) is 0. The highest BCUT2D eigenvalue weighted by Gasteiger charge is 2.44. The van der Waals surface area contributed by atoms with E-state index in [4.69, 9.17) is 9.47 Å². The molecular weight excluding hydrogens is 276 g/mol. The van der Waals surface area contributed by atoms with E-state index in [0.717, 1.165) is 44.1 Å². The Morgan fingerprint density at radius 3 is 2.36 bits per heavy atom. The molecule has 0 aromatic rings. The number of morpholine rings is 1. The van der Waals surface area contributed by atoms with Crippen LogP contribution in [0.5, 0.6) is 0 Å². The molecule has 0 aromatic carbocycles. The highest BCUT2D eigenvalue weighted by molar-refractivity contribution is 4.95. The molecule has 22 heavy (non-hydrogen) atoms. The molecule has 4 aliphatic heterocycles. The van der Waals surface area contributed by atoms with Crippen LogP contribution in [0.25, 0.3) is 0 Å². The van der Waals surface area contributed by atoms with Crippen LogP contribution >= 0.6 is 0 Å². The van der Waals surface area contributed by atoms with Gasteiger partial charge in [0.25, 0.3) is 0 Å². The van der Waals surface area contributed by atoms with Crippen LogP contribution in [0, 0.1) is 17.8 Å². The van der Waals surface area contributed by atoms with Gasteiger partial charge in [0.15, 0.2) is 0 Å². The number of nitrogens with zero attached hydrogens (tertiary/aromatic N) is 2. The molecule has 0 radical (unpaired) electrons. The summed E-state index contributed by atoms with van der Waals surface area (Å²) in [6.07, 6.45) is 3.56. The summed E-state index contributed by atoms with van der Waals surface area (Å²) >= 11 is 0. The zero-order valence-electron chi connectivity index (χ0n) is 14.4. The van der Waals surface area contributed by atoms with Crippen LogP contribution in [0.3, 0.4) is 0 Å². The second-order valence-corrected chi connectivity index (χ2v) is 8.44. The number of rotatable bonds is 4. The van der Waals surface area contributed by atoms with Crippen molar-refractivity contribution in [3.63, 3.8) is 0 Å². The monoisotopic (exact) mass is 308 g/mol. The quantitative estimate of drug-likeness (QED) is 0.791. The minimum absolute atomic E-state index is 0.481. The van der Waals surface area contributed by atoms with Gasteiger partial charge in [0, 0.05) is 50.1 Å². The van der Waals surface area contributed by atoms with E-state index < -0.39 is 0 Å². The molecule has 4 heteroatoms. The molecule has 4 fully saturated rings. The molecule has 6 atom stereocenters. The van der Waals surface area contributed by atoms with Crippen molar-refractivity contribution in [2.45, 2.75) is 57.9 Å². The minimum atomic E-state index is 0.481. The summed E-state index contributed by atoms with van der Waals surface area (Å²) in [6, 6.07) is 1.36. The van der Waals surface area contributed by atoms with Gasteiger partial charge in [0.05, 0.1) is 25.4 Å². The fourth-order valence-electron chi connectivity index (χ4n) is 5.12. The van der Waals surface area contributed by atoms with Crippen LogP contribution in [0.2, 0.25) is 0 Å². The van der Waals surface area contributed by atoms with E-state index in [1.165, 1.54) is 25.9 Å². The molecule has 0 aromatic heterocycles. The smallest absolute Gasteiger partial charge is 0.0736 e. The van der Waals surface area contributed by atoms with Crippen molar-refractivity contribution in [3.8, 4) is 0 Å². The lowest BCUT2D eigenvalue weighted by Crippen LogP contribution is -2.47. The van der Waals surface area contributed by atoms with Crippen molar-refractivity contribution in [1.82, 2.24) is 9.80 Å². The highest BCUT2D eigenvalue weighted by atomic mass is 16.5. The highest BCUT2D eigenvalue weighted by Crippen LogP contribution is 2.37. The minimum Gasteiger partial charge on any atom is -0.381 e. The van der Waals surface area contributed by atoms with Crippen molar-refractivity contribution >= 4 is 0 Å². The molecule has 4 heterocycles. The summed E-state index contributed by atoms with van der Waals surface area (Å²) in [6.45, 7) is 13.8. The summed E-state index contributed by atoms with van der Waals surface area (Å²) in [5, 5.41) is 0. The van der Waals surface area contributed by atoms with Gasteiger partial charge in [0.1, 0.15) is 0 Å². The third kappa shape index (κ3) is 2.83. The first kappa shape index (κ1) is 15.4. The molecule has 0 aliphatic carbocycles. The first-order valence-electron chi connectivity index (χ1n) is 9.31. The van der Waals surface area contributed by atoms with Gasteiger partial charge >= 0.3 is 0 Å². The standard InChI is InChI=1S/C18H32N2O2/c1-12(2)19-8-17-5-14(18(9-19)22-17)4-13(3)20-6-15-10-21-11-16(15)7-20/h12-18H,4-11H2,1-3H3. The average Bonchev–Trinajstić information content (AvgIpc) is 3.12. The maximum atomic E-state index is 6.25. The second-order valence-electron chi connectivity index (χ2n) is 8.44. The Labute approximate surface area is 135 Å². The molecule has 6 unspecified atom stereocenters. The van der Waals surface area contributed by atoms with E-state index in [2.05, 4.69) is 30.6 Å². The van der Waals surface area contributed by atoms with Gasteiger partial charge in [-0.25, -0.2) is 0 Å². The average molecular weight is 308 g/mol. The van der Waals surface area contributed by atoms with E-state index >= 15 is 0 Å². The first-order valence-corrected chi connectivity index (χ1v) is 9.31. The molecule has 0 saturated carbocycles. The molecule has 126 valence electrons. The van der Waals surface area contributed by atoms with E-state index in [9.17, 15) is 0 Å². The summed E-state index contributed by atoms with van der Waals surface area (Å²) in [5.74, 6) is 2.37. The van der Waals surface area contributed by atoms with Crippen LogP contribution in [0.1, 0.15) is 33.6 Å². The van der Waals surface area contributed by atoms with Crippen LogP contribution in [-0.2, 0) is 9.47 Å². The van der Waals surface area contributed by atoms with Gasteiger partial charge in [-0.3, -0.25) is 9.80 Å². The van der Waals surface area contributed by atoms with Crippen molar-refractivity contribution in [1.29, 1.82) is 0 Å². The summed E-state index contributed by atoms with van der Waals surface area (Å²) in [7, 11) is 0. The zero-order chi connectivity index (χ0) is 15.3. The van der Waals surface area contributed by atoms with Gasteiger partial charge < -0.3 is 9.47 Å².